The molecule has 0 saturated carbocycles. The molecule has 4 rings (SSSR count). The number of hydrogen-bond acceptors (Lipinski definition) is 5. The summed E-state index contributed by atoms with van der Waals surface area (Å²) in [5.41, 5.74) is 3.73. The molecule has 210 valence electrons. The Hall–Kier alpha value is -4.37. The Morgan fingerprint density at radius 1 is 0.850 bits per heavy atom. The summed E-state index contributed by atoms with van der Waals surface area (Å²) in [6.45, 7) is 5.00. The zero-order valence-electron chi connectivity index (χ0n) is 23.0. The standard InChI is InChI=1S/C31H37N5O4/c1-22(37)33-26-11-6-8-24(20-26)23-14-18-36(19-15-23)17-7-16-32-30(38)28-13-12-27(21-29(28)40-2)35-31(39)34-25-9-4-3-5-10-25/h3-6,8-13,20-21,23H,7,14-19H2,1-2H3,(H,32,38)(H,33,37)(H2,34,35,39). The summed E-state index contributed by atoms with van der Waals surface area (Å²) in [6.07, 6.45) is 2.98. The molecule has 9 heteroatoms. The number of benzene rings is 3. The number of carbonyl (C=O) groups excluding carboxylic acids is 3. The predicted molar refractivity (Wildman–Crippen MR) is 158 cm³/mol. The summed E-state index contributed by atoms with van der Waals surface area (Å²) in [6, 6.07) is 21.9. The van der Waals surface area contributed by atoms with Crippen LogP contribution in [0.3, 0.4) is 0 Å². The van der Waals surface area contributed by atoms with Crippen molar-refractivity contribution in [3.05, 3.63) is 83.9 Å². The van der Waals surface area contributed by atoms with E-state index in [-0.39, 0.29) is 17.8 Å². The van der Waals surface area contributed by atoms with Crippen LogP contribution in [0.5, 0.6) is 5.75 Å². The first kappa shape index (κ1) is 28.6. The summed E-state index contributed by atoms with van der Waals surface area (Å²) in [5, 5.41) is 11.4. The molecule has 4 amide bonds. The predicted octanol–water partition coefficient (Wildman–Crippen LogP) is 5.30. The van der Waals surface area contributed by atoms with E-state index in [0.717, 1.165) is 44.6 Å². The normalized spacial score (nSPS) is 13.8. The van der Waals surface area contributed by atoms with E-state index in [1.807, 2.05) is 30.3 Å². The number of piperidine rings is 1. The average Bonchev–Trinajstić information content (AvgIpc) is 2.95. The lowest BCUT2D eigenvalue weighted by molar-refractivity contribution is -0.114. The molecule has 0 aliphatic carbocycles. The highest BCUT2D eigenvalue weighted by Crippen LogP contribution is 2.29. The van der Waals surface area contributed by atoms with Gasteiger partial charge in [0.05, 0.1) is 12.7 Å². The highest BCUT2D eigenvalue weighted by Gasteiger charge is 2.21. The van der Waals surface area contributed by atoms with Crippen molar-refractivity contribution in [1.82, 2.24) is 10.2 Å². The first-order valence-electron chi connectivity index (χ1n) is 13.6. The lowest BCUT2D eigenvalue weighted by Crippen LogP contribution is -2.35. The minimum Gasteiger partial charge on any atom is -0.496 e. The average molecular weight is 544 g/mol. The van der Waals surface area contributed by atoms with Crippen molar-refractivity contribution in [2.45, 2.75) is 32.1 Å². The van der Waals surface area contributed by atoms with Crippen LogP contribution in [0.1, 0.15) is 48.0 Å². The van der Waals surface area contributed by atoms with E-state index in [4.69, 9.17) is 4.74 Å². The quantitative estimate of drug-likeness (QED) is 0.260. The Labute approximate surface area is 235 Å². The molecule has 40 heavy (non-hydrogen) atoms. The molecule has 3 aromatic carbocycles. The molecule has 1 aliphatic rings. The van der Waals surface area contributed by atoms with Gasteiger partial charge in [-0.2, -0.15) is 0 Å². The molecule has 1 fully saturated rings. The molecule has 0 aromatic heterocycles. The van der Waals surface area contributed by atoms with E-state index in [1.54, 1.807) is 30.3 Å². The lowest BCUT2D eigenvalue weighted by Gasteiger charge is -2.32. The smallest absolute Gasteiger partial charge is 0.323 e. The Morgan fingerprint density at radius 3 is 2.27 bits per heavy atom. The number of urea groups is 1. The van der Waals surface area contributed by atoms with Crippen molar-refractivity contribution in [1.29, 1.82) is 0 Å². The number of ether oxygens (including phenoxy) is 1. The van der Waals surface area contributed by atoms with E-state index in [9.17, 15) is 14.4 Å². The van der Waals surface area contributed by atoms with Crippen LogP contribution >= 0.6 is 0 Å². The zero-order chi connectivity index (χ0) is 28.3. The second-order valence-electron chi connectivity index (χ2n) is 9.89. The number of carbonyl (C=O) groups is 3. The maximum atomic E-state index is 12.8. The summed E-state index contributed by atoms with van der Waals surface area (Å²) >= 11 is 0. The monoisotopic (exact) mass is 543 g/mol. The van der Waals surface area contributed by atoms with Crippen LogP contribution in [0.4, 0.5) is 21.9 Å². The number of likely N-dealkylation sites (tertiary alicyclic amines) is 1. The molecular formula is C31H37N5O4. The number of nitrogens with one attached hydrogen (secondary N) is 4. The second-order valence-corrected chi connectivity index (χ2v) is 9.89. The first-order chi connectivity index (χ1) is 19.4. The topological polar surface area (TPSA) is 112 Å². The molecule has 0 spiro atoms. The van der Waals surface area contributed by atoms with Crippen molar-refractivity contribution in [2.75, 3.05) is 49.2 Å². The van der Waals surface area contributed by atoms with Gasteiger partial charge in [0.2, 0.25) is 5.91 Å². The van der Waals surface area contributed by atoms with Crippen LogP contribution in [0.25, 0.3) is 0 Å². The van der Waals surface area contributed by atoms with Gasteiger partial charge in [-0.3, -0.25) is 9.59 Å². The van der Waals surface area contributed by atoms with Gasteiger partial charge in [0.25, 0.3) is 5.91 Å². The van der Waals surface area contributed by atoms with Crippen molar-refractivity contribution in [2.24, 2.45) is 0 Å². The first-order valence-corrected chi connectivity index (χ1v) is 13.6. The van der Waals surface area contributed by atoms with Gasteiger partial charge >= 0.3 is 6.03 Å². The van der Waals surface area contributed by atoms with Gasteiger partial charge in [0.1, 0.15) is 5.75 Å². The van der Waals surface area contributed by atoms with Crippen molar-refractivity contribution in [3.63, 3.8) is 0 Å². The maximum Gasteiger partial charge on any atom is 0.323 e. The molecule has 0 radical (unpaired) electrons. The Bertz CT molecular complexity index is 1310. The minimum absolute atomic E-state index is 0.0601. The summed E-state index contributed by atoms with van der Waals surface area (Å²) in [5.74, 6) is 0.601. The van der Waals surface area contributed by atoms with E-state index < -0.39 is 0 Å². The van der Waals surface area contributed by atoms with Crippen molar-refractivity contribution >= 4 is 34.9 Å². The van der Waals surface area contributed by atoms with Crippen LogP contribution in [0.2, 0.25) is 0 Å². The van der Waals surface area contributed by atoms with Crippen molar-refractivity contribution < 1.29 is 19.1 Å². The minimum atomic E-state index is -0.381. The maximum absolute atomic E-state index is 12.8. The molecule has 1 aliphatic heterocycles. The molecule has 0 atom stereocenters. The summed E-state index contributed by atoms with van der Waals surface area (Å²) in [4.78, 5) is 38.9. The van der Waals surface area contributed by atoms with Gasteiger partial charge in [-0.15, -0.1) is 0 Å². The highest BCUT2D eigenvalue weighted by molar-refractivity contribution is 6.01. The Balaban J connectivity index is 1.19. The number of nitrogens with zero attached hydrogens (tertiary/aromatic N) is 1. The van der Waals surface area contributed by atoms with Gasteiger partial charge in [-0.25, -0.2) is 4.79 Å². The fourth-order valence-corrected chi connectivity index (χ4v) is 4.93. The molecule has 0 unspecified atom stereocenters. The van der Waals surface area contributed by atoms with Gasteiger partial charge in [-0.1, -0.05) is 30.3 Å². The van der Waals surface area contributed by atoms with Crippen LogP contribution < -0.4 is 26.0 Å². The van der Waals surface area contributed by atoms with Crippen LogP contribution in [-0.2, 0) is 4.79 Å². The third kappa shape index (κ3) is 8.31. The summed E-state index contributed by atoms with van der Waals surface area (Å²) < 4.78 is 5.42. The van der Waals surface area contributed by atoms with Gasteiger partial charge in [-0.05, 0) is 86.8 Å². The highest BCUT2D eigenvalue weighted by atomic mass is 16.5. The number of methoxy groups -OCH3 is 1. The van der Waals surface area contributed by atoms with E-state index in [0.29, 0.717) is 35.2 Å². The molecule has 0 bridgehead atoms. The van der Waals surface area contributed by atoms with Gasteiger partial charge < -0.3 is 30.9 Å². The molecule has 1 saturated heterocycles. The number of rotatable bonds is 10. The van der Waals surface area contributed by atoms with Crippen LogP contribution in [0, 0.1) is 0 Å². The third-order valence-electron chi connectivity index (χ3n) is 6.94. The number of amides is 4. The SMILES string of the molecule is COc1cc(NC(=O)Nc2ccccc2)ccc1C(=O)NCCCN1CCC(c2cccc(NC(C)=O)c2)CC1. The van der Waals surface area contributed by atoms with Crippen LogP contribution in [-0.4, -0.2) is 56.0 Å². The van der Waals surface area contributed by atoms with E-state index in [1.165, 1.54) is 19.6 Å². The van der Waals surface area contributed by atoms with Gasteiger partial charge in [0.15, 0.2) is 0 Å². The van der Waals surface area contributed by atoms with E-state index >= 15 is 0 Å². The van der Waals surface area contributed by atoms with E-state index in [2.05, 4.69) is 38.3 Å². The third-order valence-corrected chi connectivity index (χ3v) is 6.94. The fourth-order valence-electron chi connectivity index (χ4n) is 4.93. The number of hydrogen-bond donors (Lipinski definition) is 4. The van der Waals surface area contributed by atoms with Gasteiger partial charge in [0, 0.05) is 36.6 Å². The zero-order valence-corrected chi connectivity index (χ0v) is 23.0. The molecule has 1 heterocycles. The molecule has 4 N–H and O–H groups in total. The Morgan fingerprint density at radius 2 is 1.55 bits per heavy atom. The molecule has 3 aromatic rings. The molecule has 9 nitrogen and oxygen atoms in total. The lowest BCUT2D eigenvalue weighted by atomic mass is 9.89. The number of anilines is 3. The largest absolute Gasteiger partial charge is 0.496 e. The summed E-state index contributed by atoms with van der Waals surface area (Å²) in [7, 11) is 1.50. The molecular weight excluding hydrogens is 506 g/mol. The second kappa shape index (κ2) is 14.1. The van der Waals surface area contributed by atoms with Crippen molar-refractivity contribution in [3.8, 4) is 5.75 Å². The number of para-hydroxylation sites is 1. The Kier molecular flexibility index (Phi) is 10.1. The van der Waals surface area contributed by atoms with Crippen LogP contribution in [0.15, 0.2) is 72.8 Å². The fraction of sp³-hybridized carbons (Fsp3) is 0.323.